The third-order valence-electron chi connectivity index (χ3n) is 3.48. The molecule has 0 bridgehead atoms. The molecule has 1 aliphatic heterocycles. The molecule has 1 atom stereocenters. The molecule has 1 aliphatic rings. The van der Waals surface area contributed by atoms with E-state index in [-0.39, 0.29) is 5.76 Å². The van der Waals surface area contributed by atoms with E-state index in [4.69, 9.17) is 8.83 Å². The van der Waals surface area contributed by atoms with E-state index in [1.54, 1.807) is 59.7 Å². The summed E-state index contributed by atoms with van der Waals surface area (Å²) in [7, 11) is 0. The van der Waals surface area contributed by atoms with Crippen LogP contribution in [0.3, 0.4) is 0 Å². The summed E-state index contributed by atoms with van der Waals surface area (Å²) in [5, 5.41) is 10.2. The van der Waals surface area contributed by atoms with Crippen molar-refractivity contribution >= 4 is 17.9 Å². The van der Waals surface area contributed by atoms with Gasteiger partial charge in [-0.2, -0.15) is 5.10 Å². The van der Waals surface area contributed by atoms with Gasteiger partial charge in [0.25, 0.3) is 11.7 Å². The topological polar surface area (TPSA) is 97.6 Å². The molecule has 1 unspecified atom stereocenters. The van der Waals surface area contributed by atoms with E-state index in [1.165, 1.54) is 12.5 Å². The Balaban J connectivity index is 1.70. The maximum atomic E-state index is 12.5. The lowest BCUT2D eigenvalue weighted by Gasteiger charge is -2.33. The molecule has 0 fully saturated rings. The Bertz CT molecular complexity index is 874. The summed E-state index contributed by atoms with van der Waals surface area (Å²) in [4.78, 5) is 16.9. The standard InChI is InChI=1S/C16H13N5O3/c22-15(12-4-1-10-23-12)20-16(13-5-2-11-24-13)17-8-6-14(19-16)21-9-3-7-18-21/h1-11,19H,(H,20,22). The van der Waals surface area contributed by atoms with Crippen molar-refractivity contribution in [2.45, 2.75) is 5.79 Å². The van der Waals surface area contributed by atoms with Crippen LogP contribution < -0.4 is 10.6 Å². The molecule has 0 spiro atoms. The van der Waals surface area contributed by atoms with Crippen molar-refractivity contribution in [1.82, 2.24) is 20.4 Å². The summed E-state index contributed by atoms with van der Waals surface area (Å²) in [5.41, 5.74) is 0. The Morgan fingerprint density at radius 2 is 2.08 bits per heavy atom. The molecule has 4 heterocycles. The fraction of sp³-hybridized carbons (Fsp3) is 0.0625. The Morgan fingerprint density at radius 3 is 2.79 bits per heavy atom. The van der Waals surface area contributed by atoms with Crippen LogP contribution in [0.1, 0.15) is 16.3 Å². The first-order valence-corrected chi connectivity index (χ1v) is 7.20. The number of allylic oxidation sites excluding steroid dienone is 1. The van der Waals surface area contributed by atoms with Gasteiger partial charge < -0.3 is 19.5 Å². The number of amides is 1. The second kappa shape index (κ2) is 5.58. The summed E-state index contributed by atoms with van der Waals surface area (Å²) in [6.45, 7) is 0. The lowest BCUT2D eigenvalue weighted by molar-refractivity contribution is 0.0842. The molecule has 3 aromatic rings. The Kier molecular flexibility index (Phi) is 3.27. The monoisotopic (exact) mass is 323 g/mol. The van der Waals surface area contributed by atoms with Gasteiger partial charge in [-0.3, -0.25) is 4.79 Å². The normalized spacial score (nSPS) is 19.6. The molecule has 2 N–H and O–H groups in total. The number of hydrogen-bond donors (Lipinski definition) is 2. The van der Waals surface area contributed by atoms with E-state index in [0.717, 1.165) is 0 Å². The minimum atomic E-state index is -1.30. The molecule has 3 aromatic heterocycles. The minimum Gasteiger partial charge on any atom is -0.463 e. The van der Waals surface area contributed by atoms with Crippen molar-refractivity contribution in [2.75, 3.05) is 0 Å². The van der Waals surface area contributed by atoms with Crippen LogP contribution in [-0.2, 0) is 5.79 Å². The lowest BCUT2D eigenvalue weighted by Crippen LogP contribution is -2.55. The number of carbonyl (C=O) groups excluding carboxylic acids is 1. The van der Waals surface area contributed by atoms with E-state index in [1.807, 2.05) is 0 Å². The van der Waals surface area contributed by atoms with Gasteiger partial charge in [-0.25, -0.2) is 9.67 Å². The molecule has 4 rings (SSSR count). The summed E-state index contributed by atoms with van der Waals surface area (Å²) >= 11 is 0. The first-order chi connectivity index (χ1) is 11.8. The number of furan rings is 2. The largest absolute Gasteiger partial charge is 0.463 e. The number of aliphatic imine (C=N–C) groups is 1. The average molecular weight is 323 g/mol. The van der Waals surface area contributed by atoms with Crippen LogP contribution in [0.25, 0.3) is 5.82 Å². The fourth-order valence-electron chi connectivity index (χ4n) is 2.39. The molecule has 0 saturated carbocycles. The molecule has 8 nitrogen and oxygen atoms in total. The third kappa shape index (κ3) is 2.39. The molecule has 8 heteroatoms. The van der Waals surface area contributed by atoms with Gasteiger partial charge in [0.1, 0.15) is 5.82 Å². The summed E-state index contributed by atoms with van der Waals surface area (Å²) in [5.74, 6) is -0.498. The average Bonchev–Trinajstić information content (AvgIpc) is 3.38. The van der Waals surface area contributed by atoms with Crippen molar-refractivity contribution in [3.8, 4) is 0 Å². The second-order valence-corrected chi connectivity index (χ2v) is 5.02. The smallest absolute Gasteiger partial charge is 0.290 e. The van der Waals surface area contributed by atoms with Crippen LogP contribution in [0.4, 0.5) is 0 Å². The zero-order chi connectivity index (χ0) is 16.4. The molecule has 0 aromatic carbocycles. The van der Waals surface area contributed by atoms with E-state index < -0.39 is 11.7 Å². The van der Waals surface area contributed by atoms with E-state index >= 15 is 0 Å². The maximum Gasteiger partial charge on any atom is 0.290 e. The Hall–Kier alpha value is -3.55. The van der Waals surface area contributed by atoms with E-state index in [2.05, 4.69) is 20.7 Å². The zero-order valence-electron chi connectivity index (χ0n) is 12.4. The van der Waals surface area contributed by atoms with Crippen LogP contribution >= 0.6 is 0 Å². The zero-order valence-corrected chi connectivity index (χ0v) is 12.4. The molecule has 1 amide bonds. The number of nitrogens with one attached hydrogen (secondary N) is 2. The third-order valence-corrected chi connectivity index (χ3v) is 3.48. The summed E-state index contributed by atoms with van der Waals surface area (Å²) in [6.07, 6.45) is 9.70. The van der Waals surface area contributed by atoms with Crippen molar-refractivity contribution < 1.29 is 13.6 Å². The number of carbonyl (C=O) groups is 1. The molecule has 120 valence electrons. The predicted molar refractivity (Wildman–Crippen MR) is 84.7 cm³/mol. The maximum absolute atomic E-state index is 12.5. The van der Waals surface area contributed by atoms with Gasteiger partial charge in [0.15, 0.2) is 11.5 Å². The second-order valence-electron chi connectivity index (χ2n) is 5.02. The predicted octanol–water partition coefficient (Wildman–Crippen LogP) is 1.78. The van der Waals surface area contributed by atoms with Crippen LogP contribution in [0.2, 0.25) is 0 Å². The van der Waals surface area contributed by atoms with Crippen molar-refractivity contribution in [3.05, 3.63) is 72.8 Å². The highest BCUT2D eigenvalue weighted by molar-refractivity contribution is 5.92. The minimum absolute atomic E-state index is 0.174. The lowest BCUT2D eigenvalue weighted by atomic mass is 10.2. The van der Waals surface area contributed by atoms with Crippen LogP contribution in [0.5, 0.6) is 0 Å². The highest BCUT2D eigenvalue weighted by Crippen LogP contribution is 2.25. The van der Waals surface area contributed by atoms with Crippen molar-refractivity contribution in [3.63, 3.8) is 0 Å². The van der Waals surface area contributed by atoms with Gasteiger partial charge in [0.05, 0.1) is 12.5 Å². The molecular formula is C16H13N5O3. The number of nitrogens with zero attached hydrogens (tertiary/aromatic N) is 3. The SMILES string of the molecule is O=C(NC1(c2ccco2)N=CC=C(n2cccn2)N1)c1ccco1. The number of rotatable bonds is 4. The molecule has 0 saturated heterocycles. The van der Waals surface area contributed by atoms with E-state index in [0.29, 0.717) is 11.6 Å². The Morgan fingerprint density at radius 1 is 1.21 bits per heavy atom. The molecule has 0 radical (unpaired) electrons. The highest BCUT2D eigenvalue weighted by atomic mass is 16.3. The van der Waals surface area contributed by atoms with E-state index in [9.17, 15) is 4.79 Å². The highest BCUT2D eigenvalue weighted by Gasteiger charge is 2.39. The van der Waals surface area contributed by atoms with Crippen molar-refractivity contribution in [2.24, 2.45) is 4.99 Å². The van der Waals surface area contributed by atoms with Gasteiger partial charge >= 0.3 is 0 Å². The van der Waals surface area contributed by atoms with Crippen LogP contribution in [0, 0.1) is 0 Å². The molecular weight excluding hydrogens is 310 g/mol. The number of aromatic nitrogens is 2. The first kappa shape index (κ1) is 14.1. The molecule has 24 heavy (non-hydrogen) atoms. The molecule has 0 aliphatic carbocycles. The van der Waals surface area contributed by atoms with Crippen molar-refractivity contribution in [1.29, 1.82) is 0 Å². The van der Waals surface area contributed by atoms with Crippen LogP contribution in [-0.4, -0.2) is 21.9 Å². The van der Waals surface area contributed by atoms with Crippen LogP contribution in [0.15, 0.2) is 75.2 Å². The summed E-state index contributed by atoms with van der Waals surface area (Å²) in [6, 6.07) is 8.45. The summed E-state index contributed by atoms with van der Waals surface area (Å²) < 4.78 is 12.3. The van der Waals surface area contributed by atoms with Gasteiger partial charge in [0, 0.05) is 18.6 Å². The van der Waals surface area contributed by atoms with Gasteiger partial charge in [-0.05, 0) is 36.4 Å². The van der Waals surface area contributed by atoms with Gasteiger partial charge in [0.2, 0.25) is 0 Å². The quantitative estimate of drug-likeness (QED) is 0.763. The number of hydrogen-bond acceptors (Lipinski definition) is 6. The first-order valence-electron chi connectivity index (χ1n) is 7.20. The van der Waals surface area contributed by atoms with Gasteiger partial charge in [-0.15, -0.1) is 0 Å². The van der Waals surface area contributed by atoms with Gasteiger partial charge in [-0.1, -0.05) is 0 Å². The Labute approximate surface area is 136 Å². The fourth-order valence-corrected chi connectivity index (χ4v) is 2.39.